The Hall–Kier alpha value is -3.01. The second-order valence-corrected chi connectivity index (χ2v) is 7.19. The van der Waals surface area contributed by atoms with Crippen LogP contribution >= 0.6 is 0 Å². The summed E-state index contributed by atoms with van der Waals surface area (Å²) in [5.41, 5.74) is 2.28. The van der Waals surface area contributed by atoms with Crippen LogP contribution in [0, 0.1) is 11.3 Å². The highest BCUT2D eigenvalue weighted by molar-refractivity contribution is 5.79. The van der Waals surface area contributed by atoms with Crippen molar-refractivity contribution in [2.75, 3.05) is 24.5 Å². The number of hydrogen-bond donors (Lipinski definition) is 0. The maximum atomic E-state index is 12.7. The van der Waals surface area contributed by atoms with Gasteiger partial charge < -0.3 is 9.80 Å². The van der Waals surface area contributed by atoms with Crippen molar-refractivity contribution in [2.45, 2.75) is 39.2 Å². The molecule has 0 unspecified atom stereocenters. The molecule has 1 fully saturated rings. The van der Waals surface area contributed by atoms with Gasteiger partial charge in [-0.15, -0.1) is 10.2 Å². The fourth-order valence-electron chi connectivity index (χ4n) is 3.23. The van der Waals surface area contributed by atoms with Crippen LogP contribution < -0.4 is 4.90 Å². The van der Waals surface area contributed by atoms with Crippen LogP contribution in [0.5, 0.6) is 0 Å². The van der Waals surface area contributed by atoms with Gasteiger partial charge in [0.2, 0.25) is 5.91 Å². The number of carbonyl (C=O) groups is 1. The highest BCUT2D eigenvalue weighted by Gasteiger charge is 2.27. The minimum Gasteiger partial charge on any atom is -0.349 e. The van der Waals surface area contributed by atoms with E-state index in [1.807, 2.05) is 29.2 Å². The molecule has 7 heteroatoms. The van der Waals surface area contributed by atoms with Gasteiger partial charge in [0.15, 0.2) is 11.5 Å². The maximum absolute atomic E-state index is 12.7. The van der Waals surface area contributed by atoms with Gasteiger partial charge in [-0.25, -0.2) is 0 Å². The molecule has 0 saturated carbocycles. The number of carbonyl (C=O) groups excluding carboxylic acids is 1. The summed E-state index contributed by atoms with van der Waals surface area (Å²) in [7, 11) is 0. The van der Waals surface area contributed by atoms with Gasteiger partial charge in [0, 0.05) is 37.6 Å². The molecule has 0 aromatic carbocycles. The van der Waals surface area contributed by atoms with E-state index in [1.165, 1.54) is 0 Å². The fourth-order valence-corrected chi connectivity index (χ4v) is 3.23. The number of piperazine rings is 1. The first-order chi connectivity index (χ1) is 13.0. The maximum Gasteiger partial charge on any atom is 0.227 e. The van der Waals surface area contributed by atoms with Crippen molar-refractivity contribution in [3.05, 3.63) is 47.4 Å². The number of aromatic nitrogens is 3. The quantitative estimate of drug-likeness (QED) is 0.826. The zero-order chi connectivity index (χ0) is 19.4. The molecule has 0 aliphatic carbocycles. The molecule has 1 aliphatic rings. The van der Waals surface area contributed by atoms with E-state index in [0.717, 1.165) is 17.1 Å². The molecule has 2 aromatic rings. The first-order valence-corrected chi connectivity index (χ1v) is 9.21. The van der Waals surface area contributed by atoms with Gasteiger partial charge in [-0.3, -0.25) is 9.78 Å². The Morgan fingerprint density at radius 1 is 1.26 bits per heavy atom. The molecule has 0 radical (unpaired) electrons. The molecule has 2 aromatic heterocycles. The molecule has 1 amide bonds. The molecular weight excluding hydrogens is 340 g/mol. The predicted octanol–water partition coefficient (Wildman–Crippen LogP) is 2.15. The molecule has 1 atom stereocenters. The first kappa shape index (κ1) is 18.8. The number of anilines is 1. The number of nitrogens with zero attached hydrogens (tertiary/aromatic N) is 6. The Morgan fingerprint density at radius 3 is 2.63 bits per heavy atom. The molecule has 1 saturated heterocycles. The Bertz CT molecular complexity index is 825. The standard InChI is InChI=1S/C20H24N6O/c1-14(2)18-6-4-16(12-22-18)10-20(27)25-8-9-26(15(3)13-25)19-7-5-17(11-21)23-24-19/h4-7,12,14-15H,8-10,13H2,1-3H3/t15-/m0/s1. The Labute approximate surface area is 159 Å². The van der Waals surface area contributed by atoms with Crippen molar-refractivity contribution < 1.29 is 4.79 Å². The molecule has 140 valence electrons. The summed E-state index contributed by atoms with van der Waals surface area (Å²) in [5.74, 6) is 1.24. The lowest BCUT2D eigenvalue weighted by molar-refractivity contribution is -0.131. The molecule has 1 aliphatic heterocycles. The van der Waals surface area contributed by atoms with E-state index >= 15 is 0 Å². The normalized spacial score (nSPS) is 17.1. The summed E-state index contributed by atoms with van der Waals surface area (Å²) in [4.78, 5) is 21.1. The van der Waals surface area contributed by atoms with Gasteiger partial charge in [-0.05, 0) is 36.6 Å². The van der Waals surface area contributed by atoms with Crippen molar-refractivity contribution in [3.63, 3.8) is 0 Å². The zero-order valence-corrected chi connectivity index (χ0v) is 16.0. The van der Waals surface area contributed by atoms with Crippen LogP contribution in [0.3, 0.4) is 0 Å². The number of hydrogen-bond acceptors (Lipinski definition) is 6. The van der Waals surface area contributed by atoms with E-state index in [0.29, 0.717) is 37.7 Å². The Balaban J connectivity index is 1.59. The minimum atomic E-state index is 0.117. The van der Waals surface area contributed by atoms with Crippen LogP contribution in [0.25, 0.3) is 0 Å². The van der Waals surface area contributed by atoms with Crippen LogP contribution in [-0.2, 0) is 11.2 Å². The molecule has 0 bridgehead atoms. The second-order valence-electron chi connectivity index (χ2n) is 7.19. The molecule has 27 heavy (non-hydrogen) atoms. The van der Waals surface area contributed by atoms with Crippen LogP contribution in [0.4, 0.5) is 5.82 Å². The third-order valence-corrected chi connectivity index (χ3v) is 4.83. The van der Waals surface area contributed by atoms with Gasteiger partial charge in [-0.1, -0.05) is 19.9 Å². The molecule has 7 nitrogen and oxygen atoms in total. The number of amides is 1. The first-order valence-electron chi connectivity index (χ1n) is 9.21. The van der Waals surface area contributed by atoms with Crippen molar-refractivity contribution >= 4 is 11.7 Å². The third-order valence-electron chi connectivity index (χ3n) is 4.83. The number of pyridine rings is 1. The van der Waals surface area contributed by atoms with Crippen molar-refractivity contribution in [1.29, 1.82) is 5.26 Å². The van der Waals surface area contributed by atoms with Crippen LogP contribution in [0.2, 0.25) is 0 Å². The van der Waals surface area contributed by atoms with E-state index < -0.39 is 0 Å². The van der Waals surface area contributed by atoms with E-state index in [2.05, 4.69) is 40.9 Å². The monoisotopic (exact) mass is 364 g/mol. The molecule has 3 heterocycles. The van der Waals surface area contributed by atoms with Crippen molar-refractivity contribution in [1.82, 2.24) is 20.1 Å². The van der Waals surface area contributed by atoms with Crippen LogP contribution in [0.15, 0.2) is 30.5 Å². The molecule has 0 spiro atoms. The van der Waals surface area contributed by atoms with E-state index in [9.17, 15) is 4.79 Å². The summed E-state index contributed by atoms with van der Waals surface area (Å²) in [5, 5.41) is 16.9. The summed E-state index contributed by atoms with van der Waals surface area (Å²) in [6, 6.07) is 9.57. The number of rotatable bonds is 4. The Morgan fingerprint density at radius 2 is 2.07 bits per heavy atom. The zero-order valence-electron chi connectivity index (χ0n) is 16.0. The lowest BCUT2D eigenvalue weighted by atomic mass is 10.1. The molecular formula is C20H24N6O. The van der Waals surface area contributed by atoms with E-state index in [4.69, 9.17) is 5.26 Å². The van der Waals surface area contributed by atoms with E-state index in [-0.39, 0.29) is 11.9 Å². The van der Waals surface area contributed by atoms with Gasteiger partial charge >= 0.3 is 0 Å². The topological polar surface area (TPSA) is 86.0 Å². The lowest BCUT2D eigenvalue weighted by Gasteiger charge is -2.40. The lowest BCUT2D eigenvalue weighted by Crippen LogP contribution is -2.54. The summed E-state index contributed by atoms with van der Waals surface area (Å²) < 4.78 is 0. The van der Waals surface area contributed by atoms with Crippen LogP contribution in [0.1, 0.15) is 43.6 Å². The highest BCUT2D eigenvalue weighted by atomic mass is 16.2. The third kappa shape index (κ3) is 4.40. The van der Waals surface area contributed by atoms with Crippen LogP contribution in [-0.4, -0.2) is 51.7 Å². The highest BCUT2D eigenvalue weighted by Crippen LogP contribution is 2.19. The summed E-state index contributed by atoms with van der Waals surface area (Å²) >= 11 is 0. The minimum absolute atomic E-state index is 0.117. The predicted molar refractivity (Wildman–Crippen MR) is 102 cm³/mol. The van der Waals surface area contributed by atoms with Gasteiger partial charge in [-0.2, -0.15) is 5.26 Å². The second kappa shape index (κ2) is 8.12. The summed E-state index contributed by atoms with van der Waals surface area (Å²) in [6.45, 7) is 8.25. The number of nitriles is 1. The Kier molecular flexibility index (Phi) is 5.65. The average Bonchev–Trinajstić information content (AvgIpc) is 2.68. The molecule has 0 N–H and O–H groups in total. The van der Waals surface area contributed by atoms with Crippen molar-refractivity contribution in [3.8, 4) is 6.07 Å². The van der Waals surface area contributed by atoms with Crippen molar-refractivity contribution in [2.24, 2.45) is 0 Å². The summed E-state index contributed by atoms with van der Waals surface area (Å²) in [6.07, 6.45) is 2.17. The van der Waals surface area contributed by atoms with Gasteiger partial charge in [0.1, 0.15) is 6.07 Å². The fraction of sp³-hybridized carbons (Fsp3) is 0.450. The van der Waals surface area contributed by atoms with Gasteiger partial charge in [0.25, 0.3) is 0 Å². The van der Waals surface area contributed by atoms with Gasteiger partial charge in [0.05, 0.1) is 6.42 Å². The smallest absolute Gasteiger partial charge is 0.227 e. The SMILES string of the molecule is CC(C)c1ccc(CC(=O)N2CCN(c3ccc(C#N)nn3)[C@@H](C)C2)cn1. The largest absolute Gasteiger partial charge is 0.349 e. The molecule has 3 rings (SSSR count). The average molecular weight is 364 g/mol. The van der Waals surface area contributed by atoms with E-state index in [1.54, 1.807) is 12.3 Å².